The van der Waals surface area contributed by atoms with Crippen LogP contribution in [0.15, 0.2) is 12.2 Å². The van der Waals surface area contributed by atoms with Crippen LogP contribution in [0.25, 0.3) is 0 Å². The van der Waals surface area contributed by atoms with Gasteiger partial charge in [0.25, 0.3) is 0 Å². The lowest BCUT2D eigenvalue weighted by atomic mass is 9.40. The number of carboxylic acids is 1. The predicted octanol–water partition coefficient (Wildman–Crippen LogP) is 4.01. The van der Waals surface area contributed by atoms with E-state index in [2.05, 4.69) is 26.0 Å². The summed E-state index contributed by atoms with van der Waals surface area (Å²) >= 11 is 0. The van der Waals surface area contributed by atoms with Gasteiger partial charge in [-0.2, -0.15) is 0 Å². The summed E-state index contributed by atoms with van der Waals surface area (Å²) in [5, 5.41) is 20.4. The maximum absolute atomic E-state index is 12.1. The third kappa shape index (κ3) is 1.78. The van der Waals surface area contributed by atoms with Crippen molar-refractivity contribution in [3.63, 3.8) is 0 Å². The average Bonchev–Trinajstić information content (AvgIpc) is 2.73. The van der Waals surface area contributed by atoms with Gasteiger partial charge in [0.2, 0.25) is 0 Å². The van der Waals surface area contributed by atoms with Gasteiger partial charge in [-0.1, -0.05) is 26.0 Å². The van der Waals surface area contributed by atoms with Crippen LogP contribution in [0, 0.1) is 33.5 Å². The molecule has 0 saturated heterocycles. The van der Waals surface area contributed by atoms with Crippen molar-refractivity contribution in [2.45, 2.75) is 71.8 Å². The highest BCUT2D eigenvalue weighted by molar-refractivity contribution is 5.76. The number of carbonyl (C=O) groups is 1. The Hall–Kier alpha value is -0.830. The summed E-state index contributed by atoms with van der Waals surface area (Å²) in [4.78, 5) is 12.1. The highest BCUT2D eigenvalue weighted by atomic mass is 16.4. The third-order valence-corrected chi connectivity index (χ3v) is 8.57. The van der Waals surface area contributed by atoms with Crippen molar-refractivity contribution in [1.29, 1.82) is 0 Å². The highest BCUT2D eigenvalue weighted by Crippen LogP contribution is 2.71. The van der Waals surface area contributed by atoms with E-state index < -0.39 is 17.5 Å². The van der Waals surface area contributed by atoms with Crippen LogP contribution in [0.3, 0.4) is 0 Å². The molecule has 4 aliphatic rings. The zero-order valence-corrected chi connectivity index (χ0v) is 14.6. The van der Waals surface area contributed by atoms with E-state index in [9.17, 15) is 15.0 Å². The minimum Gasteiger partial charge on any atom is -0.481 e. The van der Waals surface area contributed by atoms with Crippen LogP contribution in [0.4, 0.5) is 0 Å². The van der Waals surface area contributed by atoms with Crippen molar-refractivity contribution in [2.24, 2.45) is 33.5 Å². The summed E-state index contributed by atoms with van der Waals surface area (Å²) < 4.78 is 0. The van der Waals surface area contributed by atoms with Crippen LogP contribution in [0.5, 0.6) is 0 Å². The zero-order chi connectivity index (χ0) is 16.7. The number of aliphatic carboxylic acids is 1. The fourth-order valence-corrected chi connectivity index (χ4v) is 7.33. The Labute approximate surface area is 139 Å². The maximum atomic E-state index is 12.1. The van der Waals surface area contributed by atoms with E-state index in [0.717, 1.165) is 19.3 Å². The number of carboxylic acid groups (broad SMARTS) is 1. The van der Waals surface area contributed by atoms with Crippen molar-refractivity contribution < 1.29 is 15.0 Å². The molecule has 0 aliphatic heterocycles. The lowest BCUT2D eigenvalue weighted by Gasteiger charge is -2.64. The number of aliphatic hydroxyl groups is 1. The second-order valence-corrected chi connectivity index (χ2v) is 9.73. The van der Waals surface area contributed by atoms with Crippen molar-refractivity contribution in [3.05, 3.63) is 12.2 Å². The Bertz CT molecular complexity index is 583. The number of hydrogen-bond acceptors (Lipinski definition) is 2. The first-order valence-electron chi connectivity index (χ1n) is 9.28. The van der Waals surface area contributed by atoms with Gasteiger partial charge in [-0.15, -0.1) is 0 Å². The minimum atomic E-state index is -0.988. The van der Waals surface area contributed by atoms with Crippen molar-refractivity contribution >= 4 is 5.97 Å². The van der Waals surface area contributed by atoms with Gasteiger partial charge >= 0.3 is 5.97 Å². The molecule has 2 bridgehead atoms. The molecule has 0 aromatic carbocycles. The van der Waals surface area contributed by atoms with E-state index in [1.807, 2.05) is 0 Å². The van der Waals surface area contributed by atoms with Gasteiger partial charge in [0, 0.05) is 0 Å². The van der Waals surface area contributed by atoms with Gasteiger partial charge in [-0.3, -0.25) is 4.79 Å². The Morgan fingerprint density at radius 3 is 2.39 bits per heavy atom. The molecule has 3 fully saturated rings. The van der Waals surface area contributed by atoms with Gasteiger partial charge in [0.1, 0.15) is 0 Å². The number of allylic oxidation sites excluding steroid dienone is 2. The SMILES string of the molecule is CC12C=CC3(CCC4C(C)(CCC(O)C4(C)C(=O)O)C3CC1)C2. The first-order valence-corrected chi connectivity index (χ1v) is 9.28. The first kappa shape index (κ1) is 15.7. The van der Waals surface area contributed by atoms with Crippen molar-refractivity contribution in [2.75, 3.05) is 0 Å². The van der Waals surface area contributed by atoms with Gasteiger partial charge < -0.3 is 10.2 Å². The fraction of sp³-hybridized carbons (Fsp3) is 0.850. The monoisotopic (exact) mass is 318 g/mol. The molecule has 2 N–H and O–H groups in total. The Kier molecular flexibility index (Phi) is 3.01. The van der Waals surface area contributed by atoms with E-state index in [1.54, 1.807) is 6.92 Å². The molecule has 0 aromatic rings. The lowest BCUT2D eigenvalue weighted by molar-refractivity contribution is -0.202. The number of hydrogen-bond donors (Lipinski definition) is 2. The standard InChI is InChI=1S/C20H30O3/c1-17-7-4-14-18(2)8-6-15(21)19(3,16(22)23)13(18)5-9-20(14,12-17)11-10-17/h10-11,13-15,21H,4-9,12H2,1-3H3,(H,22,23). The summed E-state index contributed by atoms with van der Waals surface area (Å²) in [7, 11) is 0. The Balaban J connectivity index is 1.77. The molecule has 0 aromatic heterocycles. The van der Waals surface area contributed by atoms with Crippen LogP contribution < -0.4 is 0 Å². The van der Waals surface area contributed by atoms with Crippen LogP contribution in [0.2, 0.25) is 0 Å². The smallest absolute Gasteiger partial charge is 0.312 e. The second kappa shape index (κ2) is 4.41. The molecule has 23 heavy (non-hydrogen) atoms. The lowest BCUT2D eigenvalue weighted by Crippen LogP contribution is -2.62. The molecular formula is C20H30O3. The van der Waals surface area contributed by atoms with E-state index in [0.29, 0.717) is 23.2 Å². The number of rotatable bonds is 1. The molecule has 3 heteroatoms. The van der Waals surface area contributed by atoms with Gasteiger partial charge in [0.15, 0.2) is 0 Å². The Morgan fingerprint density at radius 1 is 1.00 bits per heavy atom. The molecule has 128 valence electrons. The van der Waals surface area contributed by atoms with Gasteiger partial charge in [-0.25, -0.2) is 0 Å². The van der Waals surface area contributed by atoms with Crippen LogP contribution >= 0.6 is 0 Å². The molecule has 1 spiro atoms. The normalized spacial score (nSPS) is 57.7. The molecule has 4 rings (SSSR count). The highest BCUT2D eigenvalue weighted by Gasteiger charge is 2.66. The minimum absolute atomic E-state index is 0.0423. The van der Waals surface area contributed by atoms with Gasteiger partial charge in [-0.05, 0) is 80.0 Å². The van der Waals surface area contributed by atoms with E-state index >= 15 is 0 Å². The van der Waals surface area contributed by atoms with Gasteiger partial charge in [0.05, 0.1) is 11.5 Å². The third-order valence-electron chi connectivity index (χ3n) is 8.57. The molecule has 3 nitrogen and oxygen atoms in total. The number of aliphatic hydroxyl groups excluding tert-OH is 1. The first-order chi connectivity index (χ1) is 10.7. The largest absolute Gasteiger partial charge is 0.481 e. The van der Waals surface area contributed by atoms with E-state index in [4.69, 9.17) is 0 Å². The zero-order valence-electron chi connectivity index (χ0n) is 14.6. The molecular weight excluding hydrogens is 288 g/mol. The predicted molar refractivity (Wildman–Crippen MR) is 88.8 cm³/mol. The maximum Gasteiger partial charge on any atom is 0.312 e. The van der Waals surface area contributed by atoms with E-state index in [-0.39, 0.29) is 11.3 Å². The average molecular weight is 318 g/mol. The summed E-state index contributed by atoms with van der Waals surface area (Å²) in [6.45, 7) is 6.53. The van der Waals surface area contributed by atoms with Crippen LogP contribution in [-0.2, 0) is 4.79 Å². The number of fused-ring (bicyclic) bond motifs is 3. The van der Waals surface area contributed by atoms with E-state index in [1.165, 1.54) is 19.3 Å². The molecule has 4 aliphatic carbocycles. The molecule has 7 atom stereocenters. The molecule has 7 unspecified atom stereocenters. The summed E-state index contributed by atoms with van der Waals surface area (Å²) in [5.41, 5.74) is -0.289. The molecule has 0 radical (unpaired) electrons. The summed E-state index contributed by atoms with van der Waals surface area (Å²) in [6.07, 6.45) is 11.6. The molecule has 0 amide bonds. The Morgan fingerprint density at radius 2 is 1.70 bits per heavy atom. The molecule has 3 saturated carbocycles. The summed E-state index contributed by atoms with van der Waals surface area (Å²) in [5.74, 6) is -0.142. The van der Waals surface area contributed by atoms with Crippen molar-refractivity contribution in [3.8, 4) is 0 Å². The van der Waals surface area contributed by atoms with Crippen molar-refractivity contribution in [1.82, 2.24) is 0 Å². The van der Waals surface area contributed by atoms with Crippen LogP contribution in [-0.4, -0.2) is 22.3 Å². The quantitative estimate of drug-likeness (QED) is 0.718. The van der Waals surface area contributed by atoms with Crippen LogP contribution in [0.1, 0.15) is 65.7 Å². The fourth-order valence-electron chi connectivity index (χ4n) is 7.33. The molecule has 0 heterocycles. The summed E-state index contributed by atoms with van der Waals surface area (Å²) in [6, 6.07) is 0. The second-order valence-electron chi connectivity index (χ2n) is 9.73. The topological polar surface area (TPSA) is 57.5 Å².